The molecule has 0 fully saturated rings. The van der Waals surface area contributed by atoms with Crippen LogP contribution in [-0.4, -0.2) is 20.5 Å². The molecule has 3 aromatic rings. The maximum Gasteiger partial charge on any atom is 0.197 e. The zero-order chi connectivity index (χ0) is 14.1. The molecule has 0 amide bonds. The summed E-state index contributed by atoms with van der Waals surface area (Å²) in [6.45, 7) is 2.00. The second-order valence-corrected chi connectivity index (χ2v) is 4.72. The van der Waals surface area contributed by atoms with Gasteiger partial charge in [0.1, 0.15) is 0 Å². The number of aromatic nitrogens is 3. The third-order valence-corrected chi connectivity index (χ3v) is 3.38. The van der Waals surface area contributed by atoms with Gasteiger partial charge in [0.2, 0.25) is 0 Å². The van der Waals surface area contributed by atoms with Gasteiger partial charge in [0.25, 0.3) is 0 Å². The summed E-state index contributed by atoms with van der Waals surface area (Å²) >= 11 is 0. The van der Waals surface area contributed by atoms with Crippen LogP contribution < -0.4 is 0 Å². The van der Waals surface area contributed by atoms with Crippen LogP contribution in [0.15, 0.2) is 42.7 Å². The lowest BCUT2D eigenvalue weighted by molar-refractivity contribution is 0.103. The molecular formula is C16H15N3O. The highest BCUT2D eigenvalue weighted by Gasteiger charge is 2.18. The lowest BCUT2D eigenvalue weighted by Crippen LogP contribution is -2.04. The fraction of sp³-hybridized carbons (Fsp3) is 0.188. The molecule has 100 valence electrons. The number of hydrogen-bond acceptors (Lipinski definition) is 3. The lowest BCUT2D eigenvalue weighted by atomic mass is 9.99. The van der Waals surface area contributed by atoms with Crippen LogP contribution in [0.2, 0.25) is 0 Å². The second-order valence-electron chi connectivity index (χ2n) is 4.72. The second kappa shape index (κ2) is 4.89. The van der Waals surface area contributed by atoms with Gasteiger partial charge in [-0.1, -0.05) is 25.1 Å². The predicted octanol–water partition coefficient (Wildman–Crippen LogP) is 2.76. The van der Waals surface area contributed by atoms with Gasteiger partial charge in [-0.2, -0.15) is 5.10 Å². The van der Waals surface area contributed by atoms with Crippen molar-refractivity contribution in [3.63, 3.8) is 0 Å². The summed E-state index contributed by atoms with van der Waals surface area (Å²) in [5, 5.41) is 5.22. The first-order valence-electron chi connectivity index (χ1n) is 6.61. The molecule has 2 aromatic heterocycles. The lowest BCUT2D eigenvalue weighted by Gasteiger charge is -2.04. The maximum atomic E-state index is 12.8. The minimum atomic E-state index is 0.00792. The van der Waals surface area contributed by atoms with Crippen molar-refractivity contribution < 1.29 is 4.79 Å². The molecule has 4 nitrogen and oxygen atoms in total. The zero-order valence-corrected chi connectivity index (χ0v) is 11.5. The van der Waals surface area contributed by atoms with Crippen molar-refractivity contribution in [2.75, 3.05) is 0 Å². The molecule has 0 aliphatic rings. The number of hydrogen-bond donors (Lipinski definition) is 0. The van der Waals surface area contributed by atoms with E-state index >= 15 is 0 Å². The molecule has 0 bridgehead atoms. The summed E-state index contributed by atoms with van der Waals surface area (Å²) in [6, 6.07) is 9.40. The van der Waals surface area contributed by atoms with E-state index in [0.29, 0.717) is 11.1 Å². The topological polar surface area (TPSA) is 47.8 Å². The standard InChI is InChI=1S/C16H15N3O/c1-3-14-13(10-19(2)18-14)16(20)12-6-4-8-15-11(12)7-5-9-17-15/h4-10H,3H2,1-2H3. The number of carbonyl (C=O) groups is 1. The van der Waals surface area contributed by atoms with E-state index in [1.54, 1.807) is 17.1 Å². The van der Waals surface area contributed by atoms with Crippen molar-refractivity contribution in [3.8, 4) is 0 Å². The van der Waals surface area contributed by atoms with Crippen molar-refractivity contribution in [2.24, 2.45) is 7.05 Å². The molecule has 3 rings (SSSR count). The van der Waals surface area contributed by atoms with Gasteiger partial charge in [-0.15, -0.1) is 0 Å². The molecule has 0 radical (unpaired) electrons. The van der Waals surface area contributed by atoms with Crippen molar-refractivity contribution >= 4 is 16.7 Å². The minimum Gasteiger partial charge on any atom is -0.288 e. The number of rotatable bonds is 3. The maximum absolute atomic E-state index is 12.8. The van der Waals surface area contributed by atoms with Gasteiger partial charge in [-0.3, -0.25) is 14.5 Å². The van der Waals surface area contributed by atoms with Gasteiger partial charge in [0, 0.05) is 30.4 Å². The zero-order valence-electron chi connectivity index (χ0n) is 11.5. The Morgan fingerprint density at radius 2 is 2.05 bits per heavy atom. The Morgan fingerprint density at radius 3 is 2.85 bits per heavy atom. The van der Waals surface area contributed by atoms with Crippen LogP contribution >= 0.6 is 0 Å². The van der Waals surface area contributed by atoms with Gasteiger partial charge < -0.3 is 0 Å². The molecule has 2 heterocycles. The fourth-order valence-electron chi connectivity index (χ4n) is 2.43. The highest BCUT2D eigenvalue weighted by molar-refractivity contribution is 6.16. The summed E-state index contributed by atoms with van der Waals surface area (Å²) in [4.78, 5) is 17.1. The SMILES string of the molecule is CCc1nn(C)cc1C(=O)c1cccc2ncccc12. The number of benzene rings is 1. The first-order valence-corrected chi connectivity index (χ1v) is 6.61. The van der Waals surface area contributed by atoms with E-state index in [4.69, 9.17) is 0 Å². The van der Waals surface area contributed by atoms with E-state index < -0.39 is 0 Å². The van der Waals surface area contributed by atoms with Gasteiger partial charge in [-0.05, 0) is 18.6 Å². The number of aryl methyl sites for hydroxylation is 2. The average Bonchev–Trinajstić information content (AvgIpc) is 2.87. The molecular weight excluding hydrogens is 250 g/mol. The Balaban J connectivity index is 2.17. The molecule has 20 heavy (non-hydrogen) atoms. The number of nitrogens with zero attached hydrogens (tertiary/aromatic N) is 3. The Morgan fingerprint density at radius 1 is 1.20 bits per heavy atom. The first-order chi connectivity index (χ1) is 9.70. The minimum absolute atomic E-state index is 0.00792. The molecule has 0 N–H and O–H groups in total. The highest BCUT2D eigenvalue weighted by atomic mass is 16.1. The first kappa shape index (κ1) is 12.5. The molecule has 0 saturated carbocycles. The predicted molar refractivity (Wildman–Crippen MR) is 77.8 cm³/mol. The number of carbonyl (C=O) groups excluding carboxylic acids is 1. The van der Waals surface area contributed by atoms with E-state index in [0.717, 1.165) is 23.0 Å². The van der Waals surface area contributed by atoms with E-state index in [2.05, 4.69) is 10.1 Å². The van der Waals surface area contributed by atoms with Crippen LogP contribution in [0.5, 0.6) is 0 Å². The number of ketones is 1. The molecule has 1 aromatic carbocycles. The van der Waals surface area contributed by atoms with Gasteiger partial charge >= 0.3 is 0 Å². The summed E-state index contributed by atoms with van der Waals surface area (Å²) in [6.07, 6.45) is 4.26. The van der Waals surface area contributed by atoms with Crippen LogP contribution in [0.1, 0.15) is 28.5 Å². The summed E-state index contributed by atoms with van der Waals surface area (Å²) in [5.41, 5.74) is 3.02. The fourth-order valence-corrected chi connectivity index (χ4v) is 2.43. The van der Waals surface area contributed by atoms with Crippen LogP contribution in [0, 0.1) is 0 Å². The molecule has 0 saturated heterocycles. The Hall–Kier alpha value is -2.49. The number of pyridine rings is 1. The van der Waals surface area contributed by atoms with Crippen molar-refractivity contribution in [2.45, 2.75) is 13.3 Å². The van der Waals surface area contributed by atoms with Gasteiger partial charge in [-0.25, -0.2) is 0 Å². The summed E-state index contributed by atoms with van der Waals surface area (Å²) < 4.78 is 1.69. The molecule has 0 atom stereocenters. The Labute approximate surface area is 117 Å². The third kappa shape index (κ3) is 1.99. The van der Waals surface area contributed by atoms with Crippen LogP contribution in [-0.2, 0) is 13.5 Å². The monoisotopic (exact) mass is 265 g/mol. The van der Waals surface area contributed by atoms with E-state index in [1.807, 2.05) is 44.3 Å². The molecule has 4 heteroatoms. The Kier molecular flexibility index (Phi) is 3.06. The van der Waals surface area contributed by atoms with Crippen molar-refractivity contribution in [1.82, 2.24) is 14.8 Å². The highest BCUT2D eigenvalue weighted by Crippen LogP contribution is 2.21. The van der Waals surface area contributed by atoms with Crippen LogP contribution in [0.4, 0.5) is 0 Å². The Bertz CT molecular complexity index is 784. The normalized spacial score (nSPS) is 10.9. The van der Waals surface area contributed by atoms with Crippen molar-refractivity contribution in [1.29, 1.82) is 0 Å². The molecule has 0 aliphatic carbocycles. The van der Waals surface area contributed by atoms with Crippen molar-refractivity contribution in [3.05, 3.63) is 59.5 Å². The summed E-state index contributed by atoms with van der Waals surface area (Å²) in [5.74, 6) is 0.00792. The smallest absolute Gasteiger partial charge is 0.197 e. The third-order valence-electron chi connectivity index (χ3n) is 3.38. The average molecular weight is 265 g/mol. The van der Waals surface area contributed by atoms with Crippen LogP contribution in [0.3, 0.4) is 0 Å². The molecule has 0 unspecified atom stereocenters. The molecule has 0 spiro atoms. The largest absolute Gasteiger partial charge is 0.288 e. The van der Waals surface area contributed by atoms with E-state index in [9.17, 15) is 4.79 Å². The number of fused-ring (bicyclic) bond motifs is 1. The molecule has 0 aliphatic heterocycles. The van der Waals surface area contributed by atoms with Gasteiger partial charge in [0.05, 0.1) is 16.8 Å². The van der Waals surface area contributed by atoms with Crippen LogP contribution in [0.25, 0.3) is 10.9 Å². The quantitative estimate of drug-likeness (QED) is 0.684. The van der Waals surface area contributed by atoms with Gasteiger partial charge in [0.15, 0.2) is 5.78 Å². The van der Waals surface area contributed by atoms with E-state index in [1.165, 1.54) is 0 Å². The van der Waals surface area contributed by atoms with E-state index in [-0.39, 0.29) is 5.78 Å². The summed E-state index contributed by atoms with van der Waals surface area (Å²) in [7, 11) is 1.83.